The summed E-state index contributed by atoms with van der Waals surface area (Å²) in [7, 11) is 1.43. The maximum atomic E-state index is 12.9. The zero-order valence-corrected chi connectivity index (χ0v) is 18.0. The Morgan fingerprint density at radius 1 is 1.19 bits per heavy atom. The van der Waals surface area contributed by atoms with Crippen LogP contribution >= 0.6 is 0 Å². The molecule has 0 radical (unpaired) electrons. The maximum absolute atomic E-state index is 12.9. The number of ether oxygens (including phenoxy) is 1. The normalized spacial score (nSPS) is 14.8. The van der Waals surface area contributed by atoms with Gasteiger partial charge in [0.2, 0.25) is 11.8 Å². The highest BCUT2D eigenvalue weighted by atomic mass is 16.5. The van der Waals surface area contributed by atoms with Crippen molar-refractivity contribution in [3.05, 3.63) is 29.8 Å². The van der Waals surface area contributed by atoms with E-state index in [9.17, 15) is 24.3 Å². The Balaban J connectivity index is 3.00. The van der Waals surface area contributed by atoms with E-state index in [0.29, 0.717) is 11.3 Å². The van der Waals surface area contributed by atoms with Gasteiger partial charge in [-0.15, -0.1) is 0 Å². The third kappa shape index (κ3) is 7.99. The molecule has 2 unspecified atom stereocenters. The number of carboxylic acids is 1. The number of hydrogen-bond acceptors (Lipinski definition) is 7. The number of amides is 2. The molecule has 1 rings (SSSR count). The van der Waals surface area contributed by atoms with E-state index in [2.05, 4.69) is 10.6 Å². The van der Waals surface area contributed by atoms with Crippen LogP contribution in [0.4, 0.5) is 0 Å². The van der Waals surface area contributed by atoms with Crippen molar-refractivity contribution in [2.24, 2.45) is 17.6 Å². The van der Waals surface area contributed by atoms with Gasteiger partial charge in [0.05, 0.1) is 5.92 Å². The van der Waals surface area contributed by atoms with Crippen LogP contribution in [-0.2, 0) is 25.6 Å². The Kier molecular flexibility index (Phi) is 10.1. The van der Waals surface area contributed by atoms with Crippen LogP contribution in [0.3, 0.4) is 0 Å². The number of aldehydes is 1. The summed E-state index contributed by atoms with van der Waals surface area (Å²) in [6.45, 7) is 2.77. The summed E-state index contributed by atoms with van der Waals surface area (Å²) in [6.07, 6.45) is 0.597. The van der Waals surface area contributed by atoms with Gasteiger partial charge in [0.15, 0.2) is 12.9 Å². The molecule has 0 heterocycles. The maximum Gasteiger partial charge on any atom is 0.341 e. The van der Waals surface area contributed by atoms with Crippen LogP contribution < -0.4 is 21.1 Å². The number of rotatable bonds is 13. The van der Waals surface area contributed by atoms with Crippen molar-refractivity contribution < 1.29 is 34.1 Å². The Hall–Kier alpha value is -2.98. The number of carbonyl (C=O) groups is 4. The van der Waals surface area contributed by atoms with Crippen LogP contribution in [0, 0.1) is 11.8 Å². The first-order valence-electron chi connectivity index (χ1n) is 9.90. The fraction of sp³-hybridized carbons (Fsp3) is 0.524. The number of aliphatic carboxylic acids is 1. The van der Waals surface area contributed by atoms with Crippen LogP contribution in [0.15, 0.2) is 24.3 Å². The lowest BCUT2D eigenvalue weighted by Crippen LogP contribution is -2.56. The van der Waals surface area contributed by atoms with Gasteiger partial charge in [0.1, 0.15) is 17.4 Å². The van der Waals surface area contributed by atoms with E-state index in [1.165, 1.54) is 7.05 Å². The molecule has 0 saturated heterocycles. The van der Waals surface area contributed by atoms with Gasteiger partial charge in [-0.25, -0.2) is 4.79 Å². The molecule has 0 aliphatic heterocycles. The number of nitrogens with one attached hydrogen (secondary N) is 2. The molecule has 31 heavy (non-hydrogen) atoms. The molecule has 1 aromatic carbocycles. The average Bonchev–Trinajstić information content (AvgIpc) is 2.75. The molecule has 0 fully saturated rings. The highest BCUT2D eigenvalue weighted by molar-refractivity contribution is 5.90. The molecule has 0 aromatic heterocycles. The molecule has 0 bridgehead atoms. The number of likely N-dealkylation sites (N-methyl/N-ethyl adjacent to an activating group) is 1. The number of aliphatic hydroxyl groups is 1. The number of nitrogens with two attached hydrogens (primary N) is 1. The van der Waals surface area contributed by atoms with Crippen LogP contribution in [0.1, 0.15) is 25.8 Å². The first kappa shape index (κ1) is 26.1. The third-order valence-electron chi connectivity index (χ3n) is 4.76. The van der Waals surface area contributed by atoms with Gasteiger partial charge >= 0.3 is 5.97 Å². The Morgan fingerprint density at radius 2 is 1.81 bits per heavy atom. The molecule has 0 aliphatic rings. The fourth-order valence-corrected chi connectivity index (χ4v) is 3.04. The summed E-state index contributed by atoms with van der Waals surface area (Å²) >= 11 is 0. The lowest BCUT2D eigenvalue weighted by atomic mass is 9.81. The van der Waals surface area contributed by atoms with Crippen molar-refractivity contribution >= 4 is 24.1 Å². The molecule has 1 aromatic rings. The van der Waals surface area contributed by atoms with E-state index >= 15 is 0 Å². The second kappa shape index (κ2) is 12.0. The van der Waals surface area contributed by atoms with E-state index in [-0.39, 0.29) is 25.0 Å². The highest BCUT2D eigenvalue weighted by Crippen LogP contribution is 2.23. The average molecular weight is 437 g/mol. The monoisotopic (exact) mass is 437 g/mol. The van der Waals surface area contributed by atoms with E-state index in [4.69, 9.17) is 15.6 Å². The lowest BCUT2D eigenvalue weighted by Gasteiger charge is -2.32. The Bertz CT molecular complexity index is 767. The molecule has 10 heteroatoms. The zero-order valence-electron chi connectivity index (χ0n) is 18.0. The zero-order chi connectivity index (χ0) is 23.6. The molecule has 10 nitrogen and oxygen atoms in total. The van der Waals surface area contributed by atoms with Crippen LogP contribution in [-0.4, -0.2) is 66.1 Å². The molecule has 172 valence electrons. The predicted octanol–water partition coefficient (Wildman–Crippen LogP) is -0.526. The summed E-state index contributed by atoms with van der Waals surface area (Å²) in [5.74, 6) is -2.98. The van der Waals surface area contributed by atoms with Gasteiger partial charge in [0.25, 0.3) is 0 Å². The summed E-state index contributed by atoms with van der Waals surface area (Å²) < 4.78 is 5.07. The van der Waals surface area contributed by atoms with Crippen LogP contribution in [0.25, 0.3) is 0 Å². The third-order valence-corrected chi connectivity index (χ3v) is 4.76. The second-order valence-corrected chi connectivity index (χ2v) is 7.70. The van der Waals surface area contributed by atoms with Crippen molar-refractivity contribution in [3.8, 4) is 5.75 Å². The number of carbonyl (C=O) groups excluding carboxylic acids is 3. The van der Waals surface area contributed by atoms with Gasteiger partial charge in [-0.3, -0.25) is 9.59 Å². The highest BCUT2D eigenvalue weighted by Gasteiger charge is 2.41. The van der Waals surface area contributed by atoms with Gasteiger partial charge in [-0.05, 0) is 30.0 Å². The standard InChI is InChI=1S/C21H31N3O7/c1-13(2)8-16(21(30,11-22)12-25)19(28)24-17(20(29)23-3)9-14-4-6-15(7-5-14)31-10-18(26)27/h4-7,12-13,16-17,30H,8-11,22H2,1-3H3,(H,23,29)(H,24,28)(H,26,27)/t16?,17?,21-/m0/s1. The molecule has 6 N–H and O–H groups in total. The summed E-state index contributed by atoms with van der Waals surface area (Å²) in [5, 5.41) is 24.3. The Labute approximate surface area is 181 Å². The van der Waals surface area contributed by atoms with Gasteiger partial charge < -0.3 is 36.1 Å². The van der Waals surface area contributed by atoms with Crippen molar-refractivity contribution in [1.82, 2.24) is 10.6 Å². The minimum Gasteiger partial charge on any atom is -0.482 e. The molecule has 0 saturated carbocycles. The minimum absolute atomic E-state index is 0.00873. The van der Waals surface area contributed by atoms with E-state index < -0.39 is 48.5 Å². The lowest BCUT2D eigenvalue weighted by molar-refractivity contribution is -0.144. The first-order valence-corrected chi connectivity index (χ1v) is 9.90. The van der Waals surface area contributed by atoms with Crippen molar-refractivity contribution in [2.75, 3.05) is 20.2 Å². The molecule has 0 aliphatic carbocycles. The van der Waals surface area contributed by atoms with E-state index in [1.54, 1.807) is 24.3 Å². The molecule has 0 spiro atoms. The summed E-state index contributed by atoms with van der Waals surface area (Å²) in [5.41, 5.74) is 4.19. The number of carboxylic acid groups (broad SMARTS) is 1. The smallest absolute Gasteiger partial charge is 0.341 e. The molecular formula is C21H31N3O7. The number of benzene rings is 1. The molecule has 3 atom stereocenters. The van der Waals surface area contributed by atoms with Crippen LogP contribution in [0.5, 0.6) is 5.75 Å². The Morgan fingerprint density at radius 3 is 2.26 bits per heavy atom. The minimum atomic E-state index is -2.04. The summed E-state index contributed by atoms with van der Waals surface area (Å²) in [4.78, 5) is 47.3. The van der Waals surface area contributed by atoms with Crippen molar-refractivity contribution in [1.29, 1.82) is 0 Å². The van der Waals surface area contributed by atoms with Gasteiger partial charge in [-0.2, -0.15) is 0 Å². The predicted molar refractivity (Wildman–Crippen MR) is 112 cm³/mol. The first-order chi connectivity index (χ1) is 14.6. The van der Waals surface area contributed by atoms with Gasteiger partial charge in [-0.1, -0.05) is 26.0 Å². The fourth-order valence-electron chi connectivity index (χ4n) is 3.04. The number of hydrogen-bond donors (Lipinski definition) is 5. The van der Waals surface area contributed by atoms with Gasteiger partial charge in [0, 0.05) is 20.0 Å². The SMILES string of the molecule is CNC(=O)C(Cc1ccc(OCC(=O)O)cc1)NC(=O)C(CC(C)C)[C@@](O)(C=O)CN. The van der Waals surface area contributed by atoms with Crippen molar-refractivity contribution in [3.63, 3.8) is 0 Å². The quantitative estimate of drug-likeness (QED) is 0.257. The van der Waals surface area contributed by atoms with Crippen LogP contribution in [0.2, 0.25) is 0 Å². The molecule has 2 amide bonds. The van der Waals surface area contributed by atoms with E-state index in [0.717, 1.165) is 0 Å². The largest absolute Gasteiger partial charge is 0.482 e. The second-order valence-electron chi connectivity index (χ2n) is 7.70. The summed E-state index contributed by atoms with van der Waals surface area (Å²) in [6, 6.07) is 5.44. The van der Waals surface area contributed by atoms with Crippen molar-refractivity contribution in [2.45, 2.75) is 38.3 Å². The van der Waals surface area contributed by atoms with E-state index in [1.807, 2.05) is 13.8 Å². The topological polar surface area (TPSA) is 168 Å². The molecular weight excluding hydrogens is 406 g/mol.